The van der Waals surface area contributed by atoms with Crippen LogP contribution in [0.5, 0.6) is 0 Å². The number of aromatic amines is 2. The highest BCUT2D eigenvalue weighted by atomic mass is 16.5. The van der Waals surface area contributed by atoms with Crippen molar-refractivity contribution >= 4 is 28.7 Å². The fraction of sp³-hybridized carbons (Fsp3) is 0.348. The molecular formula is C23H25N8O3+. The molecule has 0 saturated heterocycles. The standard InChI is InChI=1S/C23H24N8O3/c1-11(27-22(33)19-12-5-6-18(32)30-20(12)26-10-25-19)16-7-14(31-34-16)21-28-13-8-17(23(2,3)4)24-9-15(13)29-21/h7-11H,5-6H2,1-4H3,(H,27,33)(H,28,29)(H,25,26,30,32)/p+1/t11-/m1/s1. The Morgan fingerprint density at radius 3 is 2.82 bits per heavy atom. The van der Waals surface area contributed by atoms with E-state index in [9.17, 15) is 9.59 Å². The molecule has 0 spiro atoms. The SMILES string of the molecule is C[C@@H](NC(=O)c1ncnc2c1CCC(=O)N2)c1cc(-c2[nH]c3cnc(C(C)(C)C)cc3[nH+]2)no1. The number of H-pyrrole nitrogens is 2. The maximum Gasteiger partial charge on any atom is 0.307 e. The molecule has 0 bridgehead atoms. The van der Waals surface area contributed by atoms with Crippen molar-refractivity contribution in [2.45, 2.75) is 52.0 Å². The largest absolute Gasteiger partial charge is 0.358 e. The van der Waals surface area contributed by atoms with Crippen LogP contribution in [-0.4, -0.2) is 36.9 Å². The van der Waals surface area contributed by atoms with Crippen LogP contribution in [0.15, 0.2) is 29.2 Å². The lowest BCUT2D eigenvalue weighted by Crippen LogP contribution is -2.30. The number of carbonyl (C=O) groups is 2. The van der Waals surface area contributed by atoms with Gasteiger partial charge in [0.2, 0.25) is 5.91 Å². The molecule has 1 atom stereocenters. The molecule has 174 valence electrons. The number of nitrogens with one attached hydrogen (secondary N) is 4. The van der Waals surface area contributed by atoms with Gasteiger partial charge in [0.15, 0.2) is 22.5 Å². The Labute approximate surface area is 194 Å². The number of imidazole rings is 1. The van der Waals surface area contributed by atoms with Crippen LogP contribution in [0, 0.1) is 0 Å². The Hall–Kier alpha value is -4.15. The summed E-state index contributed by atoms with van der Waals surface area (Å²) < 4.78 is 5.51. The first-order valence-electron chi connectivity index (χ1n) is 11.0. The molecule has 2 amide bonds. The quantitative estimate of drug-likeness (QED) is 0.422. The number of anilines is 1. The van der Waals surface area contributed by atoms with Crippen molar-refractivity contribution < 1.29 is 19.1 Å². The predicted molar refractivity (Wildman–Crippen MR) is 122 cm³/mol. The van der Waals surface area contributed by atoms with Crippen LogP contribution in [0.1, 0.15) is 67.7 Å². The molecule has 0 aliphatic carbocycles. The molecule has 34 heavy (non-hydrogen) atoms. The third kappa shape index (κ3) is 4.00. The molecule has 5 rings (SSSR count). The second kappa shape index (κ2) is 8.01. The van der Waals surface area contributed by atoms with Crippen LogP contribution in [0.2, 0.25) is 0 Å². The summed E-state index contributed by atoms with van der Waals surface area (Å²) in [5.41, 5.74) is 4.12. The fourth-order valence-corrected chi connectivity index (χ4v) is 3.83. The van der Waals surface area contributed by atoms with Gasteiger partial charge in [0.25, 0.3) is 5.91 Å². The molecule has 5 heterocycles. The van der Waals surface area contributed by atoms with Crippen LogP contribution in [0.25, 0.3) is 22.6 Å². The Morgan fingerprint density at radius 1 is 1.21 bits per heavy atom. The van der Waals surface area contributed by atoms with Crippen molar-refractivity contribution in [1.82, 2.24) is 30.4 Å². The van der Waals surface area contributed by atoms with Crippen molar-refractivity contribution in [3.63, 3.8) is 0 Å². The maximum atomic E-state index is 12.9. The molecule has 4 aromatic heterocycles. The first-order chi connectivity index (χ1) is 16.2. The Balaban J connectivity index is 1.35. The molecule has 11 heteroatoms. The molecule has 0 unspecified atom stereocenters. The predicted octanol–water partition coefficient (Wildman–Crippen LogP) is 2.50. The molecule has 4 N–H and O–H groups in total. The average Bonchev–Trinajstić information content (AvgIpc) is 3.44. The van der Waals surface area contributed by atoms with Crippen molar-refractivity contribution in [1.29, 1.82) is 0 Å². The average molecular weight is 462 g/mol. The van der Waals surface area contributed by atoms with Gasteiger partial charge in [-0.2, -0.15) is 0 Å². The molecular weight excluding hydrogens is 436 g/mol. The lowest BCUT2D eigenvalue weighted by molar-refractivity contribution is -0.330. The van der Waals surface area contributed by atoms with E-state index in [0.29, 0.717) is 35.1 Å². The van der Waals surface area contributed by atoms with E-state index in [1.54, 1.807) is 19.2 Å². The van der Waals surface area contributed by atoms with Gasteiger partial charge < -0.3 is 15.2 Å². The van der Waals surface area contributed by atoms with E-state index in [4.69, 9.17) is 4.52 Å². The van der Waals surface area contributed by atoms with Crippen molar-refractivity contribution in [2.75, 3.05) is 5.32 Å². The lowest BCUT2D eigenvalue weighted by atomic mass is 9.91. The summed E-state index contributed by atoms with van der Waals surface area (Å²) in [6.45, 7) is 8.14. The van der Waals surface area contributed by atoms with Crippen LogP contribution >= 0.6 is 0 Å². The van der Waals surface area contributed by atoms with Gasteiger partial charge in [0, 0.05) is 29.5 Å². The Morgan fingerprint density at radius 2 is 2.03 bits per heavy atom. The number of amides is 2. The molecule has 0 saturated carbocycles. The lowest BCUT2D eigenvalue weighted by Gasteiger charge is -2.18. The van der Waals surface area contributed by atoms with Crippen molar-refractivity contribution in [3.05, 3.63) is 47.4 Å². The second-order valence-electron chi connectivity index (χ2n) is 9.40. The van der Waals surface area contributed by atoms with Gasteiger partial charge in [-0.3, -0.25) is 14.6 Å². The monoisotopic (exact) mass is 461 g/mol. The molecule has 0 fully saturated rings. The van der Waals surface area contributed by atoms with E-state index in [0.717, 1.165) is 16.7 Å². The van der Waals surface area contributed by atoms with Gasteiger partial charge in [-0.05, 0) is 13.3 Å². The summed E-state index contributed by atoms with van der Waals surface area (Å²) in [7, 11) is 0. The van der Waals surface area contributed by atoms with E-state index < -0.39 is 6.04 Å². The minimum absolute atomic E-state index is 0.0668. The van der Waals surface area contributed by atoms with Gasteiger partial charge in [0.1, 0.15) is 17.8 Å². The van der Waals surface area contributed by atoms with Gasteiger partial charge in [-0.25, -0.2) is 19.9 Å². The second-order valence-corrected chi connectivity index (χ2v) is 9.40. The number of rotatable bonds is 4. The number of pyridine rings is 1. The number of aromatic nitrogens is 6. The highest BCUT2D eigenvalue weighted by molar-refractivity contribution is 5.99. The highest BCUT2D eigenvalue weighted by Crippen LogP contribution is 2.25. The zero-order valence-electron chi connectivity index (χ0n) is 19.3. The van der Waals surface area contributed by atoms with Gasteiger partial charge >= 0.3 is 5.82 Å². The van der Waals surface area contributed by atoms with Crippen LogP contribution in [0.4, 0.5) is 5.82 Å². The van der Waals surface area contributed by atoms with Crippen LogP contribution in [0.3, 0.4) is 0 Å². The van der Waals surface area contributed by atoms with E-state index in [1.165, 1.54) is 6.33 Å². The minimum atomic E-state index is -0.462. The summed E-state index contributed by atoms with van der Waals surface area (Å²) in [4.78, 5) is 43.8. The molecule has 4 aromatic rings. The summed E-state index contributed by atoms with van der Waals surface area (Å²) >= 11 is 0. The van der Waals surface area contributed by atoms with Crippen molar-refractivity contribution in [3.8, 4) is 11.5 Å². The van der Waals surface area contributed by atoms with Gasteiger partial charge in [0.05, 0.1) is 17.9 Å². The fourth-order valence-electron chi connectivity index (χ4n) is 3.83. The first-order valence-corrected chi connectivity index (χ1v) is 11.0. The van der Waals surface area contributed by atoms with E-state index in [-0.39, 0.29) is 29.3 Å². The van der Waals surface area contributed by atoms with Crippen LogP contribution < -0.4 is 15.6 Å². The zero-order chi connectivity index (χ0) is 24.0. The molecule has 0 aromatic carbocycles. The maximum absolute atomic E-state index is 12.9. The smallest absolute Gasteiger partial charge is 0.307 e. The number of nitrogens with zero attached hydrogens (tertiary/aromatic N) is 4. The van der Waals surface area contributed by atoms with E-state index in [2.05, 4.69) is 61.5 Å². The molecule has 11 nitrogen and oxygen atoms in total. The Kier molecular flexibility index (Phi) is 5.11. The molecule has 1 aliphatic rings. The summed E-state index contributed by atoms with van der Waals surface area (Å²) in [6.07, 6.45) is 3.76. The van der Waals surface area contributed by atoms with Gasteiger partial charge in [-0.1, -0.05) is 25.9 Å². The van der Waals surface area contributed by atoms with Gasteiger partial charge in [-0.15, -0.1) is 0 Å². The minimum Gasteiger partial charge on any atom is -0.358 e. The number of hydrogen-bond acceptors (Lipinski definition) is 7. The number of fused-ring (bicyclic) bond motifs is 2. The van der Waals surface area contributed by atoms with Crippen LogP contribution in [-0.2, 0) is 16.6 Å². The third-order valence-corrected chi connectivity index (χ3v) is 5.77. The summed E-state index contributed by atoms with van der Waals surface area (Å²) in [6, 6.07) is 3.32. The topological polar surface area (TPSA) is 153 Å². The molecule has 1 aliphatic heterocycles. The summed E-state index contributed by atoms with van der Waals surface area (Å²) in [5.74, 6) is 1.04. The van der Waals surface area contributed by atoms with E-state index in [1.807, 2.05) is 6.07 Å². The normalized spacial score (nSPS) is 14.5. The molecule has 0 radical (unpaired) electrons. The van der Waals surface area contributed by atoms with Crippen molar-refractivity contribution in [2.24, 2.45) is 0 Å². The summed E-state index contributed by atoms with van der Waals surface area (Å²) in [5, 5.41) is 9.71. The third-order valence-electron chi connectivity index (χ3n) is 5.77. The zero-order valence-corrected chi connectivity index (χ0v) is 19.3. The Bertz CT molecular complexity index is 1420. The number of carbonyl (C=O) groups excluding carboxylic acids is 2. The number of hydrogen-bond donors (Lipinski definition) is 3. The van der Waals surface area contributed by atoms with E-state index >= 15 is 0 Å². The highest BCUT2D eigenvalue weighted by Gasteiger charge is 2.26. The first kappa shape index (κ1) is 21.7.